The molecule has 1 saturated carbocycles. The first-order chi connectivity index (χ1) is 8.59. The maximum atomic E-state index is 11.1. The van der Waals surface area contributed by atoms with E-state index in [9.17, 15) is 4.79 Å². The molecule has 1 fully saturated rings. The molecule has 2 N–H and O–H groups in total. The van der Waals surface area contributed by atoms with E-state index >= 15 is 0 Å². The Balaban J connectivity index is 2.12. The van der Waals surface area contributed by atoms with Crippen LogP contribution in [0.3, 0.4) is 0 Å². The fraction of sp³-hybridized carbons (Fsp3) is 0.933. The highest BCUT2D eigenvalue weighted by molar-refractivity contribution is 5.70. The summed E-state index contributed by atoms with van der Waals surface area (Å²) in [6.07, 6.45) is 8.90. The van der Waals surface area contributed by atoms with Crippen molar-refractivity contribution in [3.8, 4) is 0 Å². The van der Waals surface area contributed by atoms with Gasteiger partial charge in [0.2, 0.25) is 0 Å². The Hall–Kier alpha value is -0.570. The fourth-order valence-electron chi connectivity index (χ4n) is 2.90. The minimum atomic E-state index is -0.658. The summed E-state index contributed by atoms with van der Waals surface area (Å²) in [5.74, 6) is 0.441. The van der Waals surface area contributed by atoms with Gasteiger partial charge >= 0.3 is 5.97 Å². The molecule has 1 aliphatic carbocycles. The first-order valence-corrected chi connectivity index (χ1v) is 7.53. The van der Waals surface area contributed by atoms with E-state index in [2.05, 4.69) is 19.2 Å². The van der Waals surface area contributed by atoms with Gasteiger partial charge in [-0.25, -0.2) is 0 Å². The van der Waals surface area contributed by atoms with Gasteiger partial charge in [0.1, 0.15) is 0 Å². The zero-order chi connectivity index (χ0) is 13.4. The standard InChI is InChI=1S/C15H29NO2/c1-12(2)10-14(15(17)18)11-16-9-8-13-6-4-3-5-7-13/h12-14,16H,3-11H2,1-2H3,(H,17,18). The molecule has 0 amide bonds. The lowest BCUT2D eigenvalue weighted by Gasteiger charge is -2.22. The Bertz CT molecular complexity index is 235. The van der Waals surface area contributed by atoms with Crippen molar-refractivity contribution in [1.82, 2.24) is 5.32 Å². The summed E-state index contributed by atoms with van der Waals surface area (Å²) in [5, 5.41) is 12.5. The quantitative estimate of drug-likeness (QED) is 0.654. The topological polar surface area (TPSA) is 49.3 Å². The lowest BCUT2D eigenvalue weighted by Crippen LogP contribution is -2.31. The Morgan fingerprint density at radius 3 is 2.50 bits per heavy atom. The largest absolute Gasteiger partial charge is 0.481 e. The molecule has 0 radical (unpaired) electrons. The van der Waals surface area contributed by atoms with Gasteiger partial charge in [-0.2, -0.15) is 0 Å². The molecule has 0 aliphatic heterocycles. The number of hydrogen-bond donors (Lipinski definition) is 2. The van der Waals surface area contributed by atoms with Crippen molar-refractivity contribution in [2.45, 2.75) is 58.8 Å². The van der Waals surface area contributed by atoms with E-state index < -0.39 is 5.97 Å². The molecule has 0 aromatic carbocycles. The van der Waals surface area contributed by atoms with E-state index in [-0.39, 0.29) is 5.92 Å². The smallest absolute Gasteiger partial charge is 0.307 e. The van der Waals surface area contributed by atoms with Crippen LogP contribution < -0.4 is 5.32 Å². The SMILES string of the molecule is CC(C)CC(CNCCC1CCCCC1)C(=O)O. The minimum absolute atomic E-state index is 0.226. The van der Waals surface area contributed by atoms with Crippen LogP contribution in [0, 0.1) is 17.8 Å². The molecule has 0 saturated heterocycles. The van der Waals surface area contributed by atoms with Crippen molar-refractivity contribution in [1.29, 1.82) is 0 Å². The van der Waals surface area contributed by atoms with E-state index in [4.69, 9.17) is 5.11 Å². The fourth-order valence-corrected chi connectivity index (χ4v) is 2.90. The zero-order valence-corrected chi connectivity index (χ0v) is 12.0. The van der Waals surface area contributed by atoms with Crippen LogP contribution in [0.4, 0.5) is 0 Å². The van der Waals surface area contributed by atoms with Gasteiger partial charge in [-0.3, -0.25) is 4.79 Å². The molecule has 0 aromatic heterocycles. The lowest BCUT2D eigenvalue weighted by molar-refractivity contribution is -0.142. The van der Waals surface area contributed by atoms with Gasteiger partial charge in [0, 0.05) is 6.54 Å². The van der Waals surface area contributed by atoms with Crippen LogP contribution >= 0.6 is 0 Å². The molecule has 106 valence electrons. The van der Waals surface area contributed by atoms with Crippen LogP contribution in [-0.2, 0) is 4.79 Å². The van der Waals surface area contributed by atoms with Crippen molar-refractivity contribution in [3.05, 3.63) is 0 Å². The van der Waals surface area contributed by atoms with Crippen LogP contribution in [0.1, 0.15) is 58.8 Å². The van der Waals surface area contributed by atoms with E-state index in [0.29, 0.717) is 12.5 Å². The minimum Gasteiger partial charge on any atom is -0.481 e. The summed E-state index contributed by atoms with van der Waals surface area (Å²) in [4.78, 5) is 11.1. The molecule has 3 heteroatoms. The van der Waals surface area contributed by atoms with Crippen LogP contribution in [0.25, 0.3) is 0 Å². The van der Waals surface area contributed by atoms with Gasteiger partial charge in [-0.1, -0.05) is 46.0 Å². The summed E-state index contributed by atoms with van der Waals surface area (Å²) in [6, 6.07) is 0. The van der Waals surface area contributed by atoms with Crippen LogP contribution in [0.5, 0.6) is 0 Å². The molecule has 0 bridgehead atoms. The van der Waals surface area contributed by atoms with E-state index in [1.807, 2.05) is 0 Å². The second-order valence-electron chi connectivity index (χ2n) is 6.16. The summed E-state index contributed by atoms with van der Waals surface area (Å²) < 4.78 is 0. The van der Waals surface area contributed by atoms with Gasteiger partial charge < -0.3 is 10.4 Å². The van der Waals surface area contributed by atoms with Crippen molar-refractivity contribution in [2.24, 2.45) is 17.8 Å². The van der Waals surface area contributed by atoms with Gasteiger partial charge in [-0.15, -0.1) is 0 Å². The molecule has 1 rings (SSSR count). The van der Waals surface area contributed by atoms with Crippen LogP contribution in [0.15, 0.2) is 0 Å². The van der Waals surface area contributed by atoms with Crippen LogP contribution in [-0.4, -0.2) is 24.2 Å². The Morgan fingerprint density at radius 2 is 1.94 bits per heavy atom. The molecule has 1 atom stereocenters. The van der Waals surface area contributed by atoms with E-state index in [1.165, 1.54) is 38.5 Å². The third-order valence-electron chi connectivity index (χ3n) is 3.95. The average Bonchev–Trinajstić information content (AvgIpc) is 2.33. The summed E-state index contributed by atoms with van der Waals surface area (Å²) >= 11 is 0. The molecule has 1 aliphatic rings. The number of nitrogens with one attached hydrogen (secondary N) is 1. The Labute approximate surface area is 111 Å². The van der Waals surface area contributed by atoms with Gasteiger partial charge in [0.15, 0.2) is 0 Å². The number of rotatable bonds is 8. The highest BCUT2D eigenvalue weighted by atomic mass is 16.4. The number of carbonyl (C=O) groups is 1. The Kier molecular flexibility index (Phi) is 7.33. The van der Waals surface area contributed by atoms with E-state index in [0.717, 1.165) is 18.9 Å². The molecule has 0 spiro atoms. The third-order valence-corrected chi connectivity index (χ3v) is 3.95. The third kappa shape index (κ3) is 6.39. The first-order valence-electron chi connectivity index (χ1n) is 7.53. The molecule has 18 heavy (non-hydrogen) atoms. The van der Waals surface area contributed by atoms with Crippen molar-refractivity contribution in [2.75, 3.05) is 13.1 Å². The van der Waals surface area contributed by atoms with Crippen molar-refractivity contribution in [3.63, 3.8) is 0 Å². The summed E-state index contributed by atoms with van der Waals surface area (Å²) in [5.41, 5.74) is 0. The predicted molar refractivity (Wildman–Crippen MR) is 74.6 cm³/mol. The van der Waals surface area contributed by atoms with Crippen LogP contribution in [0.2, 0.25) is 0 Å². The monoisotopic (exact) mass is 255 g/mol. The Morgan fingerprint density at radius 1 is 1.28 bits per heavy atom. The molecule has 3 nitrogen and oxygen atoms in total. The molecule has 0 heterocycles. The molecular weight excluding hydrogens is 226 g/mol. The molecular formula is C15H29NO2. The number of carboxylic acids is 1. The number of hydrogen-bond acceptors (Lipinski definition) is 2. The highest BCUT2D eigenvalue weighted by Crippen LogP contribution is 2.25. The molecule has 1 unspecified atom stereocenters. The van der Waals surface area contributed by atoms with Gasteiger partial charge in [-0.05, 0) is 31.2 Å². The van der Waals surface area contributed by atoms with Crippen molar-refractivity contribution >= 4 is 5.97 Å². The van der Waals surface area contributed by atoms with Gasteiger partial charge in [0.25, 0.3) is 0 Å². The number of aliphatic carboxylic acids is 1. The molecule has 0 aromatic rings. The highest BCUT2D eigenvalue weighted by Gasteiger charge is 2.18. The van der Waals surface area contributed by atoms with Crippen molar-refractivity contribution < 1.29 is 9.90 Å². The second kappa shape index (κ2) is 8.52. The average molecular weight is 255 g/mol. The lowest BCUT2D eigenvalue weighted by atomic mass is 9.87. The van der Waals surface area contributed by atoms with E-state index in [1.54, 1.807) is 0 Å². The van der Waals surface area contributed by atoms with Gasteiger partial charge in [0.05, 0.1) is 5.92 Å². The maximum absolute atomic E-state index is 11.1. The second-order valence-corrected chi connectivity index (χ2v) is 6.16. The summed E-state index contributed by atoms with van der Waals surface area (Å²) in [7, 11) is 0. The summed E-state index contributed by atoms with van der Waals surface area (Å²) in [6.45, 7) is 5.77. The number of carboxylic acid groups (broad SMARTS) is 1. The zero-order valence-electron chi connectivity index (χ0n) is 12.0. The first kappa shape index (κ1) is 15.5. The predicted octanol–water partition coefficient (Wildman–Crippen LogP) is 3.29. The normalized spacial score (nSPS) is 19.1. The maximum Gasteiger partial charge on any atom is 0.307 e.